The third-order valence-corrected chi connectivity index (χ3v) is 7.07. The Bertz CT molecular complexity index is 1310. The minimum absolute atomic E-state index is 0.00284. The number of carbonyl (C=O) groups is 2. The van der Waals surface area contributed by atoms with Gasteiger partial charge in [0.15, 0.2) is 0 Å². The van der Waals surface area contributed by atoms with E-state index >= 15 is 0 Å². The number of esters is 1. The summed E-state index contributed by atoms with van der Waals surface area (Å²) in [4.78, 5) is 24.1. The van der Waals surface area contributed by atoms with Crippen LogP contribution in [0.25, 0.3) is 0 Å². The first kappa shape index (κ1) is 25.2. The van der Waals surface area contributed by atoms with E-state index < -0.39 is 28.4 Å². The smallest absolute Gasteiger partial charge is 0.337 e. The topological polar surface area (TPSA) is 105 Å². The highest BCUT2D eigenvalue weighted by Crippen LogP contribution is 2.30. The standard InChI is InChI=1S/C23H19Cl2N3O5S/c1-33-23(30)17-9-7-16(8-10-17)14-26-27-22(29)15-28(18-11-12-20(24)21(25)13-18)34(31,32)19-5-3-2-4-6-19/h2-14H,15H2,1H3,(H,27,29)/b26-14+. The minimum atomic E-state index is -4.10. The fourth-order valence-corrected chi connectivity index (χ4v) is 4.57. The van der Waals surface area contributed by atoms with Crippen LogP contribution >= 0.6 is 23.2 Å². The summed E-state index contributed by atoms with van der Waals surface area (Å²) in [6.07, 6.45) is 1.36. The van der Waals surface area contributed by atoms with Crippen molar-refractivity contribution >= 4 is 57.0 Å². The van der Waals surface area contributed by atoms with Gasteiger partial charge in [-0.25, -0.2) is 18.6 Å². The Morgan fingerprint density at radius 1 is 1.00 bits per heavy atom. The number of halogens is 2. The number of benzene rings is 3. The SMILES string of the molecule is COC(=O)c1ccc(/C=N/NC(=O)CN(c2ccc(Cl)c(Cl)c2)S(=O)(=O)c2ccccc2)cc1. The lowest BCUT2D eigenvalue weighted by molar-refractivity contribution is -0.119. The number of rotatable bonds is 8. The van der Waals surface area contributed by atoms with E-state index in [0.717, 1.165) is 4.31 Å². The molecule has 0 saturated heterocycles. The second-order valence-corrected chi connectivity index (χ2v) is 9.51. The normalized spacial score (nSPS) is 11.3. The Balaban J connectivity index is 1.79. The monoisotopic (exact) mass is 519 g/mol. The maximum atomic E-state index is 13.3. The number of ether oxygens (including phenoxy) is 1. The summed E-state index contributed by atoms with van der Waals surface area (Å²) in [5.41, 5.74) is 3.44. The maximum absolute atomic E-state index is 13.3. The molecule has 1 N–H and O–H groups in total. The fourth-order valence-electron chi connectivity index (χ4n) is 2.84. The lowest BCUT2D eigenvalue weighted by atomic mass is 10.1. The van der Waals surface area contributed by atoms with Gasteiger partial charge in [0.05, 0.1) is 39.5 Å². The summed E-state index contributed by atoms with van der Waals surface area (Å²) in [5.74, 6) is -1.16. The van der Waals surface area contributed by atoms with Gasteiger partial charge < -0.3 is 4.74 Å². The zero-order chi connectivity index (χ0) is 24.7. The van der Waals surface area contributed by atoms with E-state index in [4.69, 9.17) is 23.2 Å². The van der Waals surface area contributed by atoms with Crippen molar-refractivity contribution < 1.29 is 22.7 Å². The van der Waals surface area contributed by atoms with Gasteiger partial charge in [-0.3, -0.25) is 9.10 Å². The molecule has 0 unspecified atom stereocenters. The van der Waals surface area contributed by atoms with Crippen molar-refractivity contribution in [2.75, 3.05) is 18.0 Å². The Kier molecular flexibility index (Phi) is 8.27. The molecule has 0 saturated carbocycles. The number of carbonyl (C=O) groups excluding carboxylic acids is 2. The summed E-state index contributed by atoms with van der Waals surface area (Å²) in [5, 5.41) is 4.25. The molecule has 0 radical (unpaired) electrons. The number of methoxy groups -OCH3 is 1. The van der Waals surface area contributed by atoms with E-state index in [1.54, 1.807) is 42.5 Å². The van der Waals surface area contributed by atoms with Gasteiger partial charge in [-0.15, -0.1) is 0 Å². The predicted octanol–water partition coefficient (Wildman–Crippen LogP) is 4.13. The molecule has 176 valence electrons. The van der Waals surface area contributed by atoms with Crippen LogP contribution in [0, 0.1) is 0 Å². The van der Waals surface area contributed by atoms with Crippen molar-refractivity contribution in [3.63, 3.8) is 0 Å². The van der Waals surface area contributed by atoms with E-state index in [9.17, 15) is 18.0 Å². The van der Waals surface area contributed by atoms with Crippen LogP contribution in [0.15, 0.2) is 82.8 Å². The number of hydrogen-bond acceptors (Lipinski definition) is 6. The Morgan fingerprint density at radius 3 is 2.29 bits per heavy atom. The van der Waals surface area contributed by atoms with Gasteiger partial charge >= 0.3 is 5.97 Å². The zero-order valence-electron chi connectivity index (χ0n) is 17.8. The maximum Gasteiger partial charge on any atom is 0.337 e. The molecule has 0 spiro atoms. The molecular formula is C23H19Cl2N3O5S. The summed E-state index contributed by atoms with van der Waals surface area (Å²) >= 11 is 12.0. The van der Waals surface area contributed by atoms with E-state index in [0.29, 0.717) is 11.1 Å². The van der Waals surface area contributed by atoms with Crippen LogP contribution in [-0.2, 0) is 19.6 Å². The van der Waals surface area contributed by atoms with Crippen LogP contribution in [0.5, 0.6) is 0 Å². The van der Waals surface area contributed by atoms with Gasteiger partial charge in [0.25, 0.3) is 15.9 Å². The molecule has 0 heterocycles. The fraction of sp³-hybridized carbons (Fsp3) is 0.0870. The highest BCUT2D eigenvalue weighted by molar-refractivity contribution is 7.92. The van der Waals surface area contributed by atoms with Gasteiger partial charge in [-0.1, -0.05) is 53.5 Å². The van der Waals surface area contributed by atoms with Crippen LogP contribution in [0.1, 0.15) is 15.9 Å². The number of hydrogen-bond donors (Lipinski definition) is 1. The quantitative estimate of drug-likeness (QED) is 0.273. The molecule has 0 aliphatic heterocycles. The first-order chi connectivity index (χ1) is 16.2. The molecule has 0 bridgehead atoms. The van der Waals surface area contributed by atoms with Crippen molar-refractivity contribution in [1.82, 2.24) is 5.43 Å². The van der Waals surface area contributed by atoms with Crippen LogP contribution in [0.2, 0.25) is 10.0 Å². The average molecular weight is 520 g/mol. The first-order valence-corrected chi connectivity index (χ1v) is 11.9. The van der Waals surface area contributed by atoms with Gasteiger partial charge in [-0.05, 0) is 48.0 Å². The van der Waals surface area contributed by atoms with E-state index in [1.165, 1.54) is 43.7 Å². The molecule has 3 aromatic rings. The van der Waals surface area contributed by atoms with Crippen molar-refractivity contribution in [1.29, 1.82) is 0 Å². The highest BCUT2D eigenvalue weighted by atomic mass is 35.5. The number of nitrogens with one attached hydrogen (secondary N) is 1. The minimum Gasteiger partial charge on any atom is -0.465 e. The first-order valence-electron chi connectivity index (χ1n) is 9.75. The molecule has 8 nitrogen and oxygen atoms in total. The molecule has 0 atom stereocenters. The van der Waals surface area contributed by atoms with Crippen molar-refractivity contribution in [3.8, 4) is 0 Å². The summed E-state index contributed by atoms with van der Waals surface area (Å²) in [6.45, 7) is -0.562. The molecule has 0 aromatic heterocycles. The molecule has 3 aromatic carbocycles. The van der Waals surface area contributed by atoms with Gasteiger partial charge in [-0.2, -0.15) is 5.10 Å². The molecular weight excluding hydrogens is 501 g/mol. The lowest BCUT2D eigenvalue weighted by Crippen LogP contribution is -2.39. The van der Waals surface area contributed by atoms with Crippen LogP contribution < -0.4 is 9.73 Å². The molecule has 0 aliphatic rings. The van der Waals surface area contributed by atoms with Crippen LogP contribution in [-0.4, -0.2) is 40.2 Å². The molecule has 3 rings (SSSR count). The van der Waals surface area contributed by atoms with Gasteiger partial charge in [0.1, 0.15) is 6.54 Å². The van der Waals surface area contributed by atoms with Crippen molar-refractivity contribution in [3.05, 3.63) is 94.0 Å². The van der Waals surface area contributed by atoms with E-state index in [2.05, 4.69) is 15.3 Å². The second kappa shape index (κ2) is 11.1. The molecule has 0 fully saturated rings. The zero-order valence-corrected chi connectivity index (χ0v) is 20.1. The molecule has 1 amide bonds. The lowest BCUT2D eigenvalue weighted by Gasteiger charge is -2.24. The largest absolute Gasteiger partial charge is 0.465 e. The van der Waals surface area contributed by atoms with Crippen LogP contribution in [0.3, 0.4) is 0 Å². The number of anilines is 1. The molecule has 0 aliphatic carbocycles. The third kappa shape index (κ3) is 6.13. The molecule has 34 heavy (non-hydrogen) atoms. The number of sulfonamides is 1. The summed E-state index contributed by atoms with van der Waals surface area (Å²) < 4.78 is 32.1. The predicted molar refractivity (Wildman–Crippen MR) is 131 cm³/mol. The Morgan fingerprint density at radius 2 is 1.68 bits per heavy atom. The van der Waals surface area contributed by atoms with Crippen LogP contribution in [0.4, 0.5) is 5.69 Å². The number of hydrazone groups is 1. The Hall–Kier alpha value is -3.40. The summed E-state index contributed by atoms with van der Waals surface area (Å²) in [7, 11) is -2.81. The highest BCUT2D eigenvalue weighted by Gasteiger charge is 2.27. The van der Waals surface area contributed by atoms with E-state index in [-0.39, 0.29) is 20.6 Å². The van der Waals surface area contributed by atoms with Gasteiger partial charge in [0.2, 0.25) is 0 Å². The van der Waals surface area contributed by atoms with Gasteiger partial charge in [0, 0.05) is 0 Å². The second-order valence-electron chi connectivity index (χ2n) is 6.83. The Labute approximate surface area is 206 Å². The van der Waals surface area contributed by atoms with Crippen molar-refractivity contribution in [2.45, 2.75) is 4.90 Å². The number of amides is 1. The third-order valence-electron chi connectivity index (χ3n) is 4.54. The average Bonchev–Trinajstić information content (AvgIpc) is 2.84. The van der Waals surface area contributed by atoms with E-state index in [1.807, 2.05) is 0 Å². The summed E-state index contributed by atoms with van der Waals surface area (Å²) in [6, 6.07) is 18.3. The number of nitrogens with zero attached hydrogens (tertiary/aromatic N) is 2. The van der Waals surface area contributed by atoms with Crippen molar-refractivity contribution in [2.24, 2.45) is 5.10 Å². The molecule has 11 heteroatoms.